The first-order valence-electron chi connectivity index (χ1n) is 9.88. The van der Waals surface area contributed by atoms with E-state index in [-0.39, 0.29) is 28.7 Å². The number of hydrogen-bond acceptors (Lipinski definition) is 4. The topological polar surface area (TPSA) is 65.5 Å². The predicted octanol–water partition coefficient (Wildman–Crippen LogP) is 4.00. The van der Waals surface area contributed by atoms with Crippen LogP contribution in [-0.4, -0.2) is 65.2 Å². The molecule has 0 atom stereocenters. The van der Waals surface area contributed by atoms with Crippen LogP contribution in [0.3, 0.4) is 0 Å². The second kappa shape index (κ2) is 11.8. The van der Waals surface area contributed by atoms with Gasteiger partial charge in [-0.3, -0.25) is 4.99 Å². The number of aliphatic imine (C=N–C) groups is 1. The van der Waals surface area contributed by atoms with Crippen molar-refractivity contribution in [2.24, 2.45) is 4.99 Å². The van der Waals surface area contributed by atoms with Gasteiger partial charge >= 0.3 is 0 Å². The van der Waals surface area contributed by atoms with E-state index >= 15 is 0 Å². The quantitative estimate of drug-likeness (QED) is 0.323. The van der Waals surface area contributed by atoms with Crippen molar-refractivity contribution in [2.75, 3.05) is 39.6 Å². The van der Waals surface area contributed by atoms with E-state index in [1.165, 1.54) is 0 Å². The monoisotopic (exact) mass is 529 g/mol. The highest BCUT2D eigenvalue weighted by atomic mass is 127. The molecule has 1 saturated heterocycles. The van der Waals surface area contributed by atoms with Gasteiger partial charge in [0.2, 0.25) is 0 Å². The number of H-pyrrole nitrogens is 1. The third kappa shape index (κ3) is 6.62. The number of thioether (sulfide) groups is 1. The molecule has 0 aliphatic carbocycles. The van der Waals surface area contributed by atoms with Crippen LogP contribution in [0.15, 0.2) is 41.5 Å². The molecule has 1 aromatic carbocycles. The van der Waals surface area contributed by atoms with E-state index in [1.54, 1.807) is 0 Å². The third-order valence-corrected chi connectivity index (χ3v) is 6.55. The molecular formula is C21H32IN5OS. The molecule has 2 heterocycles. The minimum atomic E-state index is 0. The smallest absolute Gasteiger partial charge is 0.193 e. The van der Waals surface area contributed by atoms with Crippen LogP contribution in [0.25, 0.3) is 11.3 Å². The number of benzene rings is 1. The van der Waals surface area contributed by atoms with Crippen LogP contribution in [0, 0.1) is 0 Å². The van der Waals surface area contributed by atoms with Crippen LogP contribution >= 0.6 is 35.7 Å². The van der Waals surface area contributed by atoms with Crippen LogP contribution < -0.4 is 5.32 Å². The molecule has 0 unspecified atom stereocenters. The number of hydrogen-bond donors (Lipinski definition) is 2. The average molecular weight is 529 g/mol. The van der Waals surface area contributed by atoms with Gasteiger partial charge in [-0.2, -0.15) is 11.8 Å². The average Bonchev–Trinajstić information content (AvgIpc) is 3.18. The van der Waals surface area contributed by atoms with E-state index in [2.05, 4.69) is 44.2 Å². The summed E-state index contributed by atoms with van der Waals surface area (Å²) in [6, 6.07) is 10.3. The Bertz CT molecular complexity index is 756. The highest BCUT2D eigenvalue weighted by molar-refractivity contribution is 14.0. The summed E-state index contributed by atoms with van der Waals surface area (Å²) in [5.41, 5.74) is 2.18. The lowest BCUT2D eigenvalue weighted by atomic mass is 9.99. The Morgan fingerprint density at radius 3 is 2.69 bits per heavy atom. The zero-order valence-corrected chi connectivity index (χ0v) is 20.6. The van der Waals surface area contributed by atoms with Gasteiger partial charge in [0.1, 0.15) is 5.82 Å². The van der Waals surface area contributed by atoms with Gasteiger partial charge in [0.15, 0.2) is 5.96 Å². The second-order valence-electron chi connectivity index (χ2n) is 7.09. The Morgan fingerprint density at radius 2 is 2.03 bits per heavy atom. The number of nitrogens with one attached hydrogen (secondary N) is 2. The summed E-state index contributed by atoms with van der Waals surface area (Å²) in [5.74, 6) is 2.93. The normalized spacial score (nSPS) is 16.2. The number of imidazole rings is 1. The summed E-state index contributed by atoms with van der Waals surface area (Å²) in [6.45, 7) is 5.49. The minimum absolute atomic E-state index is 0. The summed E-state index contributed by atoms with van der Waals surface area (Å²) >= 11 is 2.03. The standard InChI is InChI=1S/C21H31N5OS.HI/c1-4-28-21(10-12-27-13-11-21)16-24-20(22-2)26(3)15-19-23-14-18(25-19)17-8-6-5-7-9-17;/h5-9,14H,4,10-13,15-16H2,1-3H3,(H,22,24)(H,23,25);1H. The number of ether oxygens (including phenoxy) is 1. The van der Waals surface area contributed by atoms with E-state index in [0.29, 0.717) is 6.54 Å². The maximum atomic E-state index is 5.58. The van der Waals surface area contributed by atoms with E-state index in [4.69, 9.17) is 4.74 Å². The Kier molecular flexibility index (Phi) is 9.78. The Morgan fingerprint density at radius 1 is 1.31 bits per heavy atom. The Balaban J connectivity index is 0.00000300. The van der Waals surface area contributed by atoms with E-state index in [0.717, 1.165) is 61.4 Å². The molecule has 1 aliphatic heterocycles. The molecular weight excluding hydrogens is 497 g/mol. The number of nitrogens with zero attached hydrogens (tertiary/aromatic N) is 3. The molecule has 2 N–H and O–H groups in total. The summed E-state index contributed by atoms with van der Waals surface area (Å²) < 4.78 is 5.81. The molecule has 29 heavy (non-hydrogen) atoms. The van der Waals surface area contributed by atoms with Crippen molar-refractivity contribution >= 4 is 41.7 Å². The van der Waals surface area contributed by atoms with Gasteiger partial charge in [-0.1, -0.05) is 37.3 Å². The van der Waals surface area contributed by atoms with Crippen molar-refractivity contribution in [3.8, 4) is 11.3 Å². The fourth-order valence-electron chi connectivity index (χ4n) is 3.55. The molecule has 0 saturated carbocycles. The molecule has 160 valence electrons. The first-order valence-corrected chi connectivity index (χ1v) is 10.9. The zero-order chi connectivity index (χ0) is 19.8. The van der Waals surface area contributed by atoms with E-state index in [1.807, 2.05) is 50.3 Å². The zero-order valence-electron chi connectivity index (χ0n) is 17.5. The summed E-state index contributed by atoms with van der Waals surface area (Å²) in [6.07, 6.45) is 4.05. The first kappa shape index (κ1) is 24.0. The van der Waals surface area contributed by atoms with Crippen molar-refractivity contribution in [1.29, 1.82) is 0 Å². The van der Waals surface area contributed by atoms with E-state index in [9.17, 15) is 0 Å². The molecule has 0 spiro atoms. The largest absolute Gasteiger partial charge is 0.381 e. The fourth-order valence-corrected chi connectivity index (χ4v) is 4.80. The number of rotatable bonds is 7. The number of halogens is 1. The number of aromatic amines is 1. The van der Waals surface area contributed by atoms with Crippen LogP contribution in [0.4, 0.5) is 0 Å². The molecule has 2 aromatic rings. The van der Waals surface area contributed by atoms with Crippen molar-refractivity contribution in [3.05, 3.63) is 42.4 Å². The summed E-state index contributed by atoms with van der Waals surface area (Å²) in [7, 11) is 3.88. The highest BCUT2D eigenvalue weighted by Gasteiger charge is 2.33. The fraction of sp³-hybridized carbons (Fsp3) is 0.524. The highest BCUT2D eigenvalue weighted by Crippen LogP contribution is 2.34. The van der Waals surface area contributed by atoms with Gasteiger partial charge in [-0.05, 0) is 24.2 Å². The Hall–Kier alpha value is -1.26. The van der Waals surface area contributed by atoms with Gasteiger partial charge < -0.3 is 19.9 Å². The molecule has 0 radical (unpaired) electrons. The van der Waals surface area contributed by atoms with Crippen molar-refractivity contribution < 1.29 is 4.74 Å². The second-order valence-corrected chi connectivity index (χ2v) is 8.83. The van der Waals surface area contributed by atoms with Crippen LogP contribution in [-0.2, 0) is 11.3 Å². The third-order valence-electron chi connectivity index (χ3n) is 5.10. The van der Waals surface area contributed by atoms with Gasteiger partial charge in [-0.15, -0.1) is 24.0 Å². The van der Waals surface area contributed by atoms with Crippen molar-refractivity contribution in [3.63, 3.8) is 0 Å². The lowest BCUT2D eigenvalue weighted by Crippen LogP contribution is -2.48. The molecule has 3 rings (SSSR count). The Labute approximate surface area is 195 Å². The van der Waals surface area contributed by atoms with Crippen LogP contribution in [0.1, 0.15) is 25.6 Å². The van der Waals surface area contributed by atoms with Gasteiger partial charge in [-0.25, -0.2) is 4.98 Å². The molecule has 6 nitrogen and oxygen atoms in total. The molecule has 0 bridgehead atoms. The van der Waals surface area contributed by atoms with Gasteiger partial charge in [0.05, 0.1) is 18.4 Å². The number of guanidine groups is 1. The SMILES string of the molecule is CCSC1(CNC(=NC)N(C)Cc2ncc(-c3ccccc3)[nH]2)CCOCC1.I. The van der Waals surface area contributed by atoms with Crippen molar-refractivity contribution in [2.45, 2.75) is 31.1 Å². The van der Waals surface area contributed by atoms with Gasteiger partial charge in [0.25, 0.3) is 0 Å². The van der Waals surface area contributed by atoms with E-state index < -0.39 is 0 Å². The van der Waals surface area contributed by atoms with Crippen LogP contribution in [0.5, 0.6) is 0 Å². The van der Waals surface area contributed by atoms with Crippen molar-refractivity contribution in [1.82, 2.24) is 20.2 Å². The predicted molar refractivity (Wildman–Crippen MR) is 133 cm³/mol. The maximum absolute atomic E-state index is 5.58. The van der Waals surface area contributed by atoms with Gasteiger partial charge in [0, 0.05) is 38.6 Å². The minimum Gasteiger partial charge on any atom is -0.381 e. The molecule has 1 aliphatic rings. The lowest BCUT2D eigenvalue weighted by Gasteiger charge is -2.37. The summed E-state index contributed by atoms with van der Waals surface area (Å²) in [4.78, 5) is 14.5. The number of aromatic nitrogens is 2. The molecule has 1 fully saturated rings. The first-order chi connectivity index (χ1) is 13.7. The summed E-state index contributed by atoms with van der Waals surface area (Å²) in [5, 5.41) is 3.58. The maximum Gasteiger partial charge on any atom is 0.193 e. The molecule has 1 aromatic heterocycles. The molecule has 0 amide bonds. The lowest BCUT2D eigenvalue weighted by molar-refractivity contribution is 0.0780. The molecule has 8 heteroatoms. The van der Waals surface area contributed by atoms with Crippen LogP contribution in [0.2, 0.25) is 0 Å².